The van der Waals surface area contributed by atoms with Gasteiger partial charge in [-0.25, -0.2) is 15.0 Å². The van der Waals surface area contributed by atoms with E-state index in [0.29, 0.717) is 17.4 Å². The Bertz CT molecular complexity index is 935. The van der Waals surface area contributed by atoms with Crippen LogP contribution >= 0.6 is 11.8 Å². The van der Waals surface area contributed by atoms with Crippen LogP contribution in [0.3, 0.4) is 0 Å². The summed E-state index contributed by atoms with van der Waals surface area (Å²) >= 11 is 1.52. The maximum absolute atomic E-state index is 5.40. The summed E-state index contributed by atoms with van der Waals surface area (Å²) in [5.74, 6) is 1.14. The van der Waals surface area contributed by atoms with Crippen LogP contribution < -0.4 is 0 Å². The zero-order chi connectivity index (χ0) is 15.6. The van der Waals surface area contributed by atoms with Crippen molar-refractivity contribution >= 4 is 22.9 Å². The maximum Gasteiger partial charge on any atom is 0.240 e. The first-order chi connectivity index (χ1) is 11.3. The van der Waals surface area contributed by atoms with Crippen molar-refractivity contribution in [3.05, 3.63) is 48.9 Å². The van der Waals surface area contributed by atoms with Gasteiger partial charge in [0.2, 0.25) is 11.7 Å². The fourth-order valence-corrected chi connectivity index (χ4v) is 3.06. The van der Waals surface area contributed by atoms with Crippen LogP contribution in [0.4, 0.5) is 0 Å². The van der Waals surface area contributed by atoms with E-state index in [4.69, 9.17) is 4.52 Å². The molecule has 0 aliphatic heterocycles. The average Bonchev–Trinajstić information content (AvgIpc) is 3.25. The van der Waals surface area contributed by atoms with Gasteiger partial charge in [-0.15, -0.1) is 0 Å². The minimum atomic E-state index is -0.0404. The van der Waals surface area contributed by atoms with E-state index in [1.54, 1.807) is 6.33 Å². The van der Waals surface area contributed by atoms with E-state index in [1.165, 1.54) is 18.1 Å². The molecule has 4 rings (SSSR count). The highest BCUT2D eigenvalue weighted by atomic mass is 32.2. The van der Waals surface area contributed by atoms with Gasteiger partial charge in [-0.1, -0.05) is 47.3 Å². The first-order valence-corrected chi connectivity index (χ1v) is 7.89. The molecule has 23 heavy (non-hydrogen) atoms. The Labute approximate surface area is 135 Å². The molecule has 8 heteroatoms. The predicted molar refractivity (Wildman–Crippen MR) is 85.7 cm³/mol. The number of fused-ring (bicyclic) bond motifs is 1. The van der Waals surface area contributed by atoms with E-state index in [2.05, 4.69) is 30.1 Å². The van der Waals surface area contributed by atoms with Gasteiger partial charge in [0.05, 0.1) is 11.6 Å². The lowest BCUT2D eigenvalue weighted by atomic mass is 10.2. The third-order valence-corrected chi connectivity index (χ3v) is 4.39. The molecule has 0 saturated carbocycles. The van der Waals surface area contributed by atoms with Crippen molar-refractivity contribution in [1.82, 2.24) is 30.1 Å². The number of aromatic nitrogens is 6. The van der Waals surface area contributed by atoms with Gasteiger partial charge in [0.25, 0.3) is 0 Å². The molecule has 4 aromatic rings. The molecule has 0 saturated heterocycles. The Morgan fingerprint density at radius 3 is 2.87 bits per heavy atom. The van der Waals surface area contributed by atoms with E-state index in [1.807, 2.05) is 37.3 Å². The van der Waals surface area contributed by atoms with Gasteiger partial charge in [0, 0.05) is 5.56 Å². The van der Waals surface area contributed by atoms with E-state index in [9.17, 15) is 0 Å². The van der Waals surface area contributed by atoms with E-state index >= 15 is 0 Å². The second kappa shape index (κ2) is 5.81. The van der Waals surface area contributed by atoms with Crippen LogP contribution in [-0.2, 0) is 0 Å². The minimum Gasteiger partial charge on any atom is -0.341 e. The average molecular weight is 324 g/mol. The number of nitrogens with one attached hydrogen (secondary N) is 1. The Kier molecular flexibility index (Phi) is 3.51. The fourth-order valence-electron chi connectivity index (χ4n) is 2.15. The lowest BCUT2D eigenvalue weighted by molar-refractivity contribution is 0.381. The first kappa shape index (κ1) is 13.9. The number of nitrogens with zero attached hydrogens (tertiary/aromatic N) is 5. The van der Waals surface area contributed by atoms with Crippen LogP contribution in [0.15, 0.2) is 52.5 Å². The highest BCUT2D eigenvalue weighted by Gasteiger charge is 2.19. The summed E-state index contributed by atoms with van der Waals surface area (Å²) in [5, 5.41) is 4.81. The standard InChI is InChI=1S/C15H12N6OS/c1-9(23-15-11-13(17-7-16-11)18-8-19-15)14-20-12(21-22-14)10-5-3-2-4-6-10/h2-9H,1H3,(H,16,17,18,19)/t9-/m1/s1. The molecule has 0 fully saturated rings. The van der Waals surface area contributed by atoms with Crippen LogP contribution in [0.2, 0.25) is 0 Å². The number of hydrogen-bond donors (Lipinski definition) is 1. The summed E-state index contributed by atoms with van der Waals surface area (Å²) in [6.07, 6.45) is 3.11. The number of imidazole rings is 1. The molecule has 114 valence electrons. The lowest BCUT2D eigenvalue weighted by Crippen LogP contribution is -1.92. The quantitative estimate of drug-likeness (QED) is 0.455. The van der Waals surface area contributed by atoms with Crippen LogP contribution in [0, 0.1) is 0 Å². The molecular weight excluding hydrogens is 312 g/mol. The number of benzene rings is 1. The van der Waals surface area contributed by atoms with Gasteiger partial charge in [0.1, 0.15) is 16.9 Å². The molecule has 1 aromatic carbocycles. The summed E-state index contributed by atoms with van der Waals surface area (Å²) < 4.78 is 5.40. The zero-order valence-corrected chi connectivity index (χ0v) is 13.0. The topological polar surface area (TPSA) is 93.4 Å². The second-order valence-electron chi connectivity index (χ2n) is 4.86. The van der Waals surface area contributed by atoms with Gasteiger partial charge in [0.15, 0.2) is 5.65 Å². The molecule has 0 unspecified atom stereocenters. The molecule has 7 nitrogen and oxygen atoms in total. The van der Waals surface area contributed by atoms with E-state index in [-0.39, 0.29) is 5.25 Å². The van der Waals surface area contributed by atoms with Gasteiger partial charge in [-0.3, -0.25) is 0 Å². The van der Waals surface area contributed by atoms with E-state index < -0.39 is 0 Å². The molecule has 3 aromatic heterocycles. The Morgan fingerprint density at radius 1 is 1.13 bits per heavy atom. The van der Waals surface area contributed by atoms with Gasteiger partial charge < -0.3 is 9.51 Å². The summed E-state index contributed by atoms with van der Waals surface area (Å²) in [4.78, 5) is 20.1. The number of rotatable bonds is 4. The largest absolute Gasteiger partial charge is 0.341 e. The minimum absolute atomic E-state index is 0.0404. The monoisotopic (exact) mass is 324 g/mol. The predicted octanol–water partition coefficient (Wildman–Crippen LogP) is 3.26. The summed E-state index contributed by atoms with van der Waals surface area (Å²) in [5.41, 5.74) is 2.38. The number of H-pyrrole nitrogens is 1. The molecule has 0 radical (unpaired) electrons. The molecule has 0 aliphatic rings. The third kappa shape index (κ3) is 2.68. The Balaban J connectivity index is 1.59. The lowest BCUT2D eigenvalue weighted by Gasteiger charge is -2.05. The molecular formula is C15H12N6OS. The van der Waals surface area contributed by atoms with Crippen molar-refractivity contribution in [2.24, 2.45) is 0 Å². The van der Waals surface area contributed by atoms with Gasteiger partial charge >= 0.3 is 0 Å². The number of hydrogen-bond acceptors (Lipinski definition) is 7. The zero-order valence-electron chi connectivity index (χ0n) is 12.2. The van der Waals surface area contributed by atoms with Crippen LogP contribution in [-0.4, -0.2) is 30.1 Å². The molecule has 3 heterocycles. The number of thioether (sulfide) groups is 1. The van der Waals surface area contributed by atoms with Crippen LogP contribution in [0.25, 0.3) is 22.6 Å². The molecule has 1 atom stereocenters. The molecule has 0 bridgehead atoms. The fraction of sp³-hybridized carbons (Fsp3) is 0.133. The highest BCUT2D eigenvalue weighted by molar-refractivity contribution is 7.99. The maximum atomic E-state index is 5.40. The highest BCUT2D eigenvalue weighted by Crippen LogP contribution is 2.35. The smallest absolute Gasteiger partial charge is 0.240 e. The van der Waals surface area contributed by atoms with Crippen molar-refractivity contribution in [2.75, 3.05) is 0 Å². The molecule has 0 amide bonds. The van der Waals surface area contributed by atoms with Crippen molar-refractivity contribution < 1.29 is 4.52 Å². The summed E-state index contributed by atoms with van der Waals surface area (Å²) in [6, 6.07) is 9.74. The van der Waals surface area contributed by atoms with Crippen molar-refractivity contribution in [3.8, 4) is 11.4 Å². The molecule has 0 aliphatic carbocycles. The number of aromatic amines is 1. The molecule has 1 N–H and O–H groups in total. The third-order valence-electron chi connectivity index (χ3n) is 3.30. The van der Waals surface area contributed by atoms with Crippen molar-refractivity contribution in [1.29, 1.82) is 0 Å². The van der Waals surface area contributed by atoms with Crippen molar-refractivity contribution in [3.63, 3.8) is 0 Å². The van der Waals surface area contributed by atoms with Crippen LogP contribution in [0.5, 0.6) is 0 Å². The second-order valence-corrected chi connectivity index (χ2v) is 6.19. The Morgan fingerprint density at radius 2 is 2.00 bits per heavy atom. The SMILES string of the molecule is C[C@@H](Sc1ncnc2nc[nH]c12)c1nc(-c2ccccc2)no1. The molecule has 0 spiro atoms. The van der Waals surface area contributed by atoms with Gasteiger partial charge in [-0.2, -0.15) is 4.98 Å². The first-order valence-electron chi connectivity index (χ1n) is 7.01. The van der Waals surface area contributed by atoms with Crippen molar-refractivity contribution in [2.45, 2.75) is 17.2 Å². The summed E-state index contributed by atoms with van der Waals surface area (Å²) in [7, 11) is 0. The van der Waals surface area contributed by atoms with Crippen LogP contribution in [0.1, 0.15) is 18.1 Å². The van der Waals surface area contributed by atoms with Gasteiger partial charge in [-0.05, 0) is 6.92 Å². The summed E-state index contributed by atoms with van der Waals surface area (Å²) in [6.45, 7) is 2.00. The normalized spacial score (nSPS) is 12.6. The van der Waals surface area contributed by atoms with E-state index in [0.717, 1.165) is 16.1 Å². The Hall–Kier alpha value is -2.74.